The predicted molar refractivity (Wildman–Crippen MR) is 85.4 cm³/mol. The van der Waals surface area contributed by atoms with E-state index in [4.69, 9.17) is 4.74 Å². The van der Waals surface area contributed by atoms with Crippen LogP contribution in [0.15, 0.2) is 47.7 Å². The number of methoxy groups -OCH3 is 1. The summed E-state index contributed by atoms with van der Waals surface area (Å²) in [4.78, 5) is 32.8. The summed E-state index contributed by atoms with van der Waals surface area (Å²) in [6, 6.07) is 7.03. The highest BCUT2D eigenvalue weighted by atomic mass is 16.5. The van der Waals surface area contributed by atoms with E-state index >= 15 is 0 Å². The van der Waals surface area contributed by atoms with Gasteiger partial charge in [-0.05, 0) is 30.7 Å². The molecule has 0 spiro atoms. The summed E-state index contributed by atoms with van der Waals surface area (Å²) >= 11 is 0. The Morgan fingerprint density at radius 3 is 2.87 bits per heavy atom. The zero-order valence-corrected chi connectivity index (χ0v) is 12.8. The fourth-order valence-corrected chi connectivity index (χ4v) is 2.43. The Bertz CT molecular complexity index is 933. The van der Waals surface area contributed by atoms with Crippen molar-refractivity contribution < 1.29 is 9.53 Å². The molecule has 0 aliphatic carbocycles. The first-order valence-corrected chi connectivity index (χ1v) is 7.08. The minimum absolute atomic E-state index is 0.205. The van der Waals surface area contributed by atoms with Crippen LogP contribution in [-0.2, 0) is 11.3 Å². The van der Waals surface area contributed by atoms with Crippen LogP contribution in [0.1, 0.15) is 21.6 Å². The van der Waals surface area contributed by atoms with Gasteiger partial charge < -0.3 is 9.30 Å². The fraction of sp³-hybridized carbons (Fsp3) is 0.176. The molecule has 3 heterocycles. The van der Waals surface area contributed by atoms with Gasteiger partial charge in [0.1, 0.15) is 0 Å². The quantitative estimate of drug-likeness (QED) is 0.691. The number of esters is 1. The topological polar surface area (TPSA) is 74.1 Å². The molecule has 6 nitrogen and oxygen atoms in total. The molecule has 0 aromatic carbocycles. The molecule has 116 valence electrons. The number of hydrogen-bond donors (Lipinski definition) is 0. The minimum atomic E-state index is -0.501. The van der Waals surface area contributed by atoms with Gasteiger partial charge in [-0.15, -0.1) is 0 Å². The van der Waals surface area contributed by atoms with E-state index in [2.05, 4.69) is 9.97 Å². The first-order valence-electron chi connectivity index (χ1n) is 7.08. The van der Waals surface area contributed by atoms with Gasteiger partial charge >= 0.3 is 5.97 Å². The molecule has 0 bridgehead atoms. The van der Waals surface area contributed by atoms with E-state index in [0.717, 1.165) is 5.56 Å². The lowest BCUT2D eigenvalue weighted by molar-refractivity contribution is 0.0599. The molecule has 3 aromatic heterocycles. The second-order valence-electron chi connectivity index (χ2n) is 5.16. The summed E-state index contributed by atoms with van der Waals surface area (Å²) in [6.07, 6.45) is 5.09. The van der Waals surface area contributed by atoms with Crippen LogP contribution in [-0.4, -0.2) is 27.6 Å². The molecule has 0 atom stereocenters. The summed E-state index contributed by atoms with van der Waals surface area (Å²) in [5, 5.41) is 0.391. The van der Waals surface area contributed by atoms with Gasteiger partial charge in [0.25, 0.3) is 5.56 Å². The Morgan fingerprint density at radius 1 is 1.35 bits per heavy atom. The van der Waals surface area contributed by atoms with Crippen molar-refractivity contribution in [3.05, 3.63) is 70.0 Å². The highest BCUT2D eigenvalue weighted by Crippen LogP contribution is 2.14. The van der Waals surface area contributed by atoms with Crippen molar-refractivity contribution in [3.63, 3.8) is 0 Å². The smallest absolute Gasteiger partial charge is 0.339 e. The van der Waals surface area contributed by atoms with Crippen molar-refractivity contribution in [1.82, 2.24) is 14.5 Å². The van der Waals surface area contributed by atoms with Crippen LogP contribution in [0, 0.1) is 6.92 Å². The maximum atomic E-state index is 12.7. The zero-order valence-electron chi connectivity index (χ0n) is 12.8. The van der Waals surface area contributed by atoms with Crippen LogP contribution in [0.2, 0.25) is 0 Å². The SMILES string of the molecule is COC(=O)c1cc2c(=O)n(Cc3cccnc3)ccc2nc1C. The summed E-state index contributed by atoms with van der Waals surface area (Å²) in [5.41, 5.74) is 2.11. The predicted octanol–water partition coefficient (Wildman–Crippen LogP) is 1.93. The third-order valence-corrected chi connectivity index (χ3v) is 3.63. The lowest BCUT2D eigenvalue weighted by atomic mass is 10.1. The average molecular weight is 309 g/mol. The zero-order chi connectivity index (χ0) is 16.4. The number of ether oxygens (including phenoxy) is 1. The molecule has 0 unspecified atom stereocenters. The van der Waals surface area contributed by atoms with Gasteiger partial charge in [0.05, 0.1) is 35.8 Å². The molecule has 6 heteroatoms. The molecular weight excluding hydrogens is 294 g/mol. The van der Waals surface area contributed by atoms with Gasteiger partial charge in [0.2, 0.25) is 0 Å². The molecule has 0 N–H and O–H groups in total. The number of pyridine rings is 3. The van der Waals surface area contributed by atoms with Crippen LogP contribution >= 0.6 is 0 Å². The third kappa shape index (κ3) is 2.83. The summed E-state index contributed by atoms with van der Waals surface area (Å²) in [7, 11) is 1.30. The van der Waals surface area contributed by atoms with Crippen LogP contribution in [0.25, 0.3) is 10.9 Å². The molecule has 0 radical (unpaired) electrons. The Balaban J connectivity index is 2.12. The van der Waals surface area contributed by atoms with E-state index in [1.807, 2.05) is 12.1 Å². The molecule has 0 amide bonds. The summed E-state index contributed by atoms with van der Waals surface area (Å²) in [6.45, 7) is 2.12. The second kappa shape index (κ2) is 6.00. The maximum Gasteiger partial charge on any atom is 0.339 e. The highest BCUT2D eigenvalue weighted by Gasteiger charge is 2.14. The number of aryl methyl sites for hydroxylation is 1. The van der Waals surface area contributed by atoms with E-state index in [1.165, 1.54) is 7.11 Å². The number of fused-ring (bicyclic) bond motifs is 1. The van der Waals surface area contributed by atoms with E-state index in [0.29, 0.717) is 28.7 Å². The lowest BCUT2D eigenvalue weighted by Gasteiger charge is -2.09. The summed E-state index contributed by atoms with van der Waals surface area (Å²) in [5.74, 6) is -0.501. The van der Waals surface area contributed by atoms with Crippen LogP contribution < -0.4 is 5.56 Å². The molecule has 0 fully saturated rings. The van der Waals surface area contributed by atoms with Crippen molar-refractivity contribution in [2.45, 2.75) is 13.5 Å². The number of carbonyl (C=O) groups excluding carboxylic acids is 1. The van der Waals surface area contributed by atoms with Crippen LogP contribution in [0.3, 0.4) is 0 Å². The van der Waals surface area contributed by atoms with Gasteiger partial charge in [-0.25, -0.2) is 4.79 Å². The molecule has 3 rings (SSSR count). The fourth-order valence-electron chi connectivity index (χ4n) is 2.43. The van der Waals surface area contributed by atoms with Crippen LogP contribution in [0.4, 0.5) is 0 Å². The van der Waals surface area contributed by atoms with E-state index in [-0.39, 0.29) is 5.56 Å². The lowest BCUT2D eigenvalue weighted by Crippen LogP contribution is -2.21. The molecule has 3 aromatic rings. The first kappa shape index (κ1) is 14.9. The Morgan fingerprint density at radius 2 is 2.17 bits per heavy atom. The third-order valence-electron chi connectivity index (χ3n) is 3.63. The Kier molecular flexibility index (Phi) is 3.89. The van der Waals surface area contributed by atoms with Crippen molar-refractivity contribution in [3.8, 4) is 0 Å². The van der Waals surface area contributed by atoms with Crippen molar-refractivity contribution in [2.24, 2.45) is 0 Å². The van der Waals surface area contributed by atoms with E-state index < -0.39 is 5.97 Å². The molecular formula is C17H15N3O3. The van der Waals surface area contributed by atoms with Gasteiger partial charge in [0.15, 0.2) is 0 Å². The van der Waals surface area contributed by atoms with Gasteiger partial charge in [-0.2, -0.15) is 0 Å². The highest BCUT2D eigenvalue weighted by molar-refractivity contribution is 5.94. The number of aromatic nitrogens is 3. The van der Waals surface area contributed by atoms with Crippen molar-refractivity contribution >= 4 is 16.9 Å². The van der Waals surface area contributed by atoms with Crippen molar-refractivity contribution in [2.75, 3.05) is 7.11 Å². The summed E-state index contributed by atoms with van der Waals surface area (Å²) < 4.78 is 6.30. The van der Waals surface area contributed by atoms with Gasteiger partial charge in [0, 0.05) is 18.6 Å². The minimum Gasteiger partial charge on any atom is -0.465 e. The standard InChI is InChI=1S/C17H15N3O3/c1-11-13(17(22)23-2)8-14-15(19-11)5-7-20(16(14)21)10-12-4-3-6-18-9-12/h3-9H,10H2,1-2H3. The first-order chi connectivity index (χ1) is 11.1. The molecule has 0 saturated carbocycles. The number of carbonyl (C=O) groups is 1. The monoisotopic (exact) mass is 309 g/mol. The average Bonchev–Trinajstić information content (AvgIpc) is 2.57. The molecule has 23 heavy (non-hydrogen) atoms. The Labute approximate surface area is 132 Å². The molecule has 0 aliphatic rings. The maximum absolute atomic E-state index is 12.7. The number of rotatable bonds is 3. The second-order valence-corrected chi connectivity index (χ2v) is 5.16. The largest absolute Gasteiger partial charge is 0.465 e. The molecule has 0 aliphatic heterocycles. The normalized spacial score (nSPS) is 10.7. The number of nitrogens with zero attached hydrogens (tertiary/aromatic N) is 3. The molecule has 0 saturated heterocycles. The van der Waals surface area contributed by atoms with Crippen LogP contribution in [0.5, 0.6) is 0 Å². The van der Waals surface area contributed by atoms with E-state index in [1.54, 1.807) is 42.2 Å². The Hall–Kier alpha value is -3.02. The van der Waals surface area contributed by atoms with E-state index in [9.17, 15) is 9.59 Å². The number of hydrogen-bond acceptors (Lipinski definition) is 5. The van der Waals surface area contributed by atoms with Crippen molar-refractivity contribution in [1.29, 1.82) is 0 Å². The van der Waals surface area contributed by atoms with Gasteiger partial charge in [-0.3, -0.25) is 14.8 Å². The van der Waals surface area contributed by atoms with Gasteiger partial charge in [-0.1, -0.05) is 6.07 Å².